The van der Waals surface area contributed by atoms with Gasteiger partial charge in [-0.05, 0) is 18.5 Å². The zero-order valence-corrected chi connectivity index (χ0v) is 11.6. The number of nitrogens with zero attached hydrogens (tertiary/aromatic N) is 4. The van der Waals surface area contributed by atoms with E-state index in [2.05, 4.69) is 39.7 Å². The molecule has 2 aromatic heterocycles. The molecular weight excluding hydrogens is 248 g/mol. The summed E-state index contributed by atoms with van der Waals surface area (Å²) < 4.78 is 7.11. The molecule has 0 unspecified atom stereocenters. The van der Waals surface area contributed by atoms with Gasteiger partial charge in [0.05, 0.1) is 13.2 Å². The maximum atomic E-state index is 5.07. The Labute approximate surface area is 111 Å². The number of rotatable bonds is 7. The molecule has 5 nitrogen and oxygen atoms in total. The summed E-state index contributed by atoms with van der Waals surface area (Å²) in [7, 11) is 3.79. The van der Waals surface area contributed by atoms with Gasteiger partial charge in [-0.3, -0.25) is 4.90 Å². The first kappa shape index (κ1) is 13.2. The van der Waals surface area contributed by atoms with E-state index in [1.165, 1.54) is 4.88 Å². The van der Waals surface area contributed by atoms with Crippen LogP contribution in [0.2, 0.25) is 0 Å². The van der Waals surface area contributed by atoms with Gasteiger partial charge in [0, 0.05) is 25.1 Å². The van der Waals surface area contributed by atoms with Crippen molar-refractivity contribution in [2.24, 2.45) is 0 Å². The molecule has 2 heterocycles. The molecule has 0 spiro atoms. The van der Waals surface area contributed by atoms with Gasteiger partial charge in [0.15, 0.2) is 0 Å². The van der Waals surface area contributed by atoms with E-state index in [9.17, 15) is 0 Å². The first-order valence-corrected chi connectivity index (χ1v) is 6.74. The molecule has 2 aromatic rings. The Kier molecular flexibility index (Phi) is 4.86. The molecule has 0 bridgehead atoms. The third-order valence-corrected chi connectivity index (χ3v) is 3.51. The normalized spacial score (nSPS) is 11.3. The van der Waals surface area contributed by atoms with Gasteiger partial charge in [-0.2, -0.15) is 0 Å². The largest absolute Gasteiger partial charge is 0.383 e. The van der Waals surface area contributed by atoms with Gasteiger partial charge < -0.3 is 9.30 Å². The fourth-order valence-corrected chi connectivity index (χ4v) is 2.53. The number of hydrogen-bond donors (Lipinski definition) is 0. The third-order valence-electron chi connectivity index (χ3n) is 2.65. The van der Waals surface area contributed by atoms with E-state index >= 15 is 0 Å². The lowest BCUT2D eigenvalue weighted by atomic mass is 10.4. The van der Waals surface area contributed by atoms with Crippen LogP contribution in [-0.2, 0) is 24.4 Å². The number of hydrogen-bond acceptors (Lipinski definition) is 5. The number of ether oxygens (including phenoxy) is 1. The average molecular weight is 266 g/mol. The van der Waals surface area contributed by atoms with Gasteiger partial charge in [0.2, 0.25) is 0 Å². The fourth-order valence-electron chi connectivity index (χ4n) is 1.74. The van der Waals surface area contributed by atoms with Crippen LogP contribution < -0.4 is 0 Å². The molecule has 0 aromatic carbocycles. The minimum absolute atomic E-state index is 0.680. The second-order valence-corrected chi connectivity index (χ2v) is 5.22. The standard InChI is InChI=1S/C12H18N4OS/c1-15(8-11-4-3-7-18-11)9-12-14-13-10-16(12)5-6-17-2/h3-4,7,10H,5-6,8-9H2,1-2H3. The maximum absolute atomic E-state index is 5.07. The second-order valence-electron chi connectivity index (χ2n) is 4.19. The van der Waals surface area contributed by atoms with Gasteiger partial charge in [-0.25, -0.2) is 0 Å². The van der Waals surface area contributed by atoms with Crippen molar-refractivity contribution in [3.63, 3.8) is 0 Å². The van der Waals surface area contributed by atoms with Crippen molar-refractivity contribution >= 4 is 11.3 Å². The first-order chi connectivity index (χ1) is 8.79. The Morgan fingerprint density at radius 3 is 3.06 bits per heavy atom. The van der Waals surface area contributed by atoms with Crippen molar-refractivity contribution < 1.29 is 4.74 Å². The summed E-state index contributed by atoms with van der Waals surface area (Å²) in [6.07, 6.45) is 1.76. The lowest BCUT2D eigenvalue weighted by molar-refractivity contribution is 0.184. The highest BCUT2D eigenvalue weighted by atomic mass is 32.1. The maximum Gasteiger partial charge on any atom is 0.147 e. The molecule has 0 radical (unpaired) electrons. The summed E-state index contributed by atoms with van der Waals surface area (Å²) in [4.78, 5) is 3.60. The quantitative estimate of drug-likeness (QED) is 0.764. The highest BCUT2D eigenvalue weighted by Gasteiger charge is 2.08. The average Bonchev–Trinajstić information content (AvgIpc) is 2.98. The van der Waals surface area contributed by atoms with Crippen molar-refractivity contribution in [1.82, 2.24) is 19.7 Å². The smallest absolute Gasteiger partial charge is 0.147 e. The summed E-state index contributed by atoms with van der Waals surface area (Å²) in [5.41, 5.74) is 0. The van der Waals surface area contributed by atoms with Gasteiger partial charge in [0.25, 0.3) is 0 Å². The van der Waals surface area contributed by atoms with Gasteiger partial charge in [0.1, 0.15) is 12.2 Å². The van der Waals surface area contributed by atoms with Gasteiger partial charge >= 0.3 is 0 Å². The summed E-state index contributed by atoms with van der Waals surface area (Å²) in [5.74, 6) is 0.978. The molecular formula is C12H18N4OS. The lowest BCUT2D eigenvalue weighted by Crippen LogP contribution is -2.20. The Morgan fingerprint density at radius 1 is 1.44 bits per heavy atom. The molecule has 0 amide bonds. The van der Waals surface area contributed by atoms with Crippen LogP contribution in [-0.4, -0.2) is 40.4 Å². The highest BCUT2D eigenvalue weighted by Crippen LogP contribution is 2.12. The minimum atomic E-state index is 0.680. The molecule has 2 rings (SSSR count). The Balaban J connectivity index is 1.90. The summed E-state index contributed by atoms with van der Waals surface area (Å²) >= 11 is 1.78. The van der Waals surface area contributed by atoms with E-state index in [0.29, 0.717) is 6.61 Å². The van der Waals surface area contributed by atoms with Crippen LogP contribution in [0.25, 0.3) is 0 Å². The van der Waals surface area contributed by atoms with Crippen LogP contribution in [0.5, 0.6) is 0 Å². The molecule has 0 aliphatic rings. The number of thiophene rings is 1. The predicted octanol–water partition coefficient (Wildman–Crippen LogP) is 1.62. The van der Waals surface area contributed by atoms with E-state index in [1.807, 2.05) is 4.57 Å². The van der Waals surface area contributed by atoms with Crippen LogP contribution in [0, 0.1) is 0 Å². The topological polar surface area (TPSA) is 43.2 Å². The van der Waals surface area contributed by atoms with E-state index < -0.39 is 0 Å². The van der Waals surface area contributed by atoms with E-state index in [4.69, 9.17) is 4.74 Å². The zero-order valence-electron chi connectivity index (χ0n) is 10.7. The summed E-state index contributed by atoms with van der Waals surface area (Å²) in [6, 6.07) is 4.23. The van der Waals surface area contributed by atoms with Crippen molar-refractivity contribution in [3.8, 4) is 0 Å². The highest BCUT2D eigenvalue weighted by molar-refractivity contribution is 7.09. The van der Waals surface area contributed by atoms with E-state index in [0.717, 1.165) is 25.5 Å². The summed E-state index contributed by atoms with van der Waals surface area (Å²) in [5, 5.41) is 10.2. The Morgan fingerprint density at radius 2 is 2.33 bits per heavy atom. The third kappa shape index (κ3) is 3.63. The second kappa shape index (κ2) is 6.63. The van der Waals surface area contributed by atoms with E-state index in [1.54, 1.807) is 24.8 Å². The SMILES string of the molecule is COCCn1cnnc1CN(C)Cc1cccs1. The molecule has 0 N–H and O–H groups in total. The van der Waals surface area contributed by atoms with Gasteiger partial charge in [-0.15, -0.1) is 21.5 Å². The molecule has 0 saturated carbocycles. The molecule has 0 fully saturated rings. The zero-order chi connectivity index (χ0) is 12.8. The number of aromatic nitrogens is 3. The van der Waals surface area contributed by atoms with Crippen LogP contribution in [0.1, 0.15) is 10.7 Å². The molecule has 0 saturated heterocycles. The molecule has 98 valence electrons. The predicted molar refractivity (Wildman–Crippen MR) is 71.4 cm³/mol. The van der Waals surface area contributed by atoms with Crippen LogP contribution >= 0.6 is 11.3 Å². The summed E-state index contributed by atoms with van der Waals surface area (Å²) in [6.45, 7) is 3.21. The molecule has 0 aliphatic heterocycles. The Hall–Kier alpha value is -1.24. The molecule has 6 heteroatoms. The number of methoxy groups -OCH3 is 1. The van der Waals surface area contributed by atoms with Crippen LogP contribution in [0.4, 0.5) is 0 Å². The van der Waals surface area contributed by atoms with Crippen LogP contribution in [0.15, 0.2) is 23.8 Å². The Bertz CT molecular complexity index is 454. The molecule has 0 atom stereocenters. The van der Waals surface area contributed by atoms with Crippen molar-refractivity contribution in [3.05, 3.63) is 34.5 Å². The molecule has 0 aliphatic carbocycles. The fraction of sp³-hybridized carbons (Fsp3) is 0.500. The van der Waals surface area contributed by atoms with Crippen molar-refractivity contribution in [1.29, 1.82) is 0 Å². The van der Waals surface area contributed by atoms with Gasteiger partial charge in [-0.1, -0.05) is 6.07 Å². The minimum Gasteiger partial charge on any atom is -0.383 e. The van der Waals surface area contributed by atoms with Crippen LogP contribution in [0.3, 0.4) is 0 Å². The monoisotopic (exact) mass is 266 g/mol. The molecule has 18 heavy (non-hydrogen) atoms. The lowest BCUT2D eigenvalue weighted by Gasteiger charge is -2.15. The van der Waals surface area contributed by atoms with Crippen molar-refractivity contribution in [2.45, 2.75) is 19.6 Å². The first-order valence-electron chi connectivity index (χ1n) is 5.86. The van der Waals surface area contributed by atoms with Crippen molar-refractivity contribution in [2.75, 3.05) is 20.8 Å². The van der Waals surface area contributed by atoms with E-state index in [-0.39, 0.29) is 0 Å².